The molecule has 1 heterocycles. The van der Waals surface area contributed by atoms with E-state index in [1.165, 1.54) is 16.2 Å². The Morgan fingerprint density at radius 1 is 1.24 bits per heavy atom. The predicted molar refractivity (Wildman–Crippen MR) is 103 cm³/mol. The van der Waals surface area contributed by atoms with Crippen LogP contribution in [0.3, 0.4) is 0 Å². The fourth-order valence-corrected chi connectivity index (χ4v) is 3.31. The Kier molecular flexibility index (Phi) is 7.26. The molecule has 140 valence electrons. The van der Waals surface area contributed by atoms with Crippen molar-refractivity contribution < 1.29 is 15.0 Å². The third-order valence-electron chi connectivity index (χ3n) is 4.80. The van der Waals surface area contributed by atoms with Gasteiger partial charge in [0.15, 0.2) is 6.54 Å². The number of para-hydroxylation sites is 1. The van der Waals surface area contributed by atoms with Gasteiger partial charge in [-0.2, -0.15) is 0 Å². The van der Waals surface area contributed by atoms with E-state index in [4.69, 9.17) is 0 Å². The second-order valence-electron chi connectivity index (χ2n) is 8.26. The first-order chi connectivity index (χ1) is 11.8. The summed E-state index contributed by atoms with van der Waals surface area (Å²) >= 11 is 0. The number of hydrogen-bond donors (Lipinski definition) is 3. The van der Waals surface area contributed by atoms with Gasteiger partial charge in [0, 0.05) is 18.7 Å². The number of carbonyl (C=O) groups is 1. The van der Waals surface area contributed by atoms with Crippen molar-refractivity contribution >= 4 is 11.6 Å². The highest BCUT2D eigenvalue weighted by molar-refractivity contribution is 5.76. The molecular weight excluding hydrogens is 312 g/mol. The van der Waals surface area contributed by atoms with Crippen molar-refractivity contribution in [2.75, 3.05) is 50.7 Å². The molecule has 0 bridgehead atoms. The topological polar surface area (TPSA) is 53.4 Å². The Balaban J connectivity index is 1.63. The van der Waals surface area contributed by atoms with Gasteiger partial charge in [0.2, 0.25) is 0 Å². The van der Waals surface area contributed by atoms with E-state index in [-0.39, 0.29) is 11.4 Å². The Hall–Kier alpha value is -1.59. The molecule has 0 atom stereocenters. The molecule has 0 unspecified atom stereocenters. The highest BCUT2D eigenvalue weighted by Gasteiger charge is 2.22. The molecule has 1 amide bonds. The number of rotatable bonds is 7. The van der Waals surface area contributed by atoms with Gasteiger partial charge < -0.3 is 20.4 Å². The van der Waals surface area contributed by atoms with Gasteiger partial charge in [-0.25, -0.2) is 0 Å². The summed E-state index contributed by atoms with van der Waals surface area (Å²) < 4.78 is 0. The lowest BCUT2D eigenvalue weighted by Crippen LogP contribution is -3.16. The van der Waals surface area contributed by atoms with E-state index in [9.17, 15) is 4.79 Å². The maximum Gasteiger partial charge on any atom is 0.275 e. The largest absolute Gasteiger partial charge is 0.360 e. The maximum atomic E-state index is 12.1. The van der Waals surface area contributed by atoms with Crippen molar-refractivity contribution in [2.45, 2.75) is 39.7 Å². The van der Waals surface area contributed by atoms with Gasteiger partial charge >= 0.3 is 0 Å². The molecule has 0 aromatic heterocycles. The number of aryl methyl sites for hydroxylation is 1. The lowest BCUT2D eigenvalue weighted by molar-refractivity contribution is -0.892. The molecule has 1 aromatic rings. The van der Waals surface area contributed by atoms with Gasteiger partial charge in [0.1, 0.15) is 0 Å². The summed E-state index contributed by atoms with van der Waals surface area (Å²) in [6, 6.07) is 8.55. The molecule has 1 fully saturated rings. The molecular formula is C20H36N4O+2. The van der Waals surface area contributed by atoms with E-state index in [0.717, 1.165) is 45.7 Å². The number of hydrogen-bond acceptors (Lipinski definition) is 2. The number of amides is 1. The minimum atomic E-state index is 0.190. The van der Waals surface area contributed by atoms with Gasteiger partial charge in [-0.3, -0.25) is 4.79 Å². The van der Waals surface area contributed by atoms with Crippen LogP contribution in [0.4, 0.5) is 5.69 Å². The van der Waals surface area contributed by atoms with Gasteiger partial charge in [0.05, 0.1) is 38.3 Å². The number of piperazine rings is 1. The van der Waals surface area contributed by atoms with E-state index >= 15 is 0 Å². The predicted octanol–water partition coefficient (Wildman–Crippen LogP) is -0.432. The van der Waals surface area contributed by atoms with Crippen molar-refractivity contribution in [1.82, 2.24) is 5.32 Å². The van der Waals surface area contributed by atoms with Gasteiger partial charge in [-0.05, 0) is 39.3 Å². The number of anilines is 1. The Labute approximate surface area is 152 Å². The Bertz CT molecular complexity index is 545. The average molecular weight is 349 g/mol. The van der Waals surface area contributed by atoms with Crippen LogP contribution in [-0.4, -0.2) is 57.3 Å². The van der Waals surface area contributed by atoms with Crippen LogP contribution in [-0.2, 0) is 4.79 Å². The smallest absolute Gasteiger partial charge is 0.275 e. The van der Waals surface area contributed by atoms with Crippen LogP contribution in [0, 0.1) is 6.92 Å². The molecule has 1 aliphatic rings. The molecule has 5 heteroatoms. The van der Waals surface area contributed by atoms with Crippen LogP contribution in [0.25, 0.3) is 0 Å². The number of nitrogens with zero attached hydrogens (tertiary/aromatic N) is 1. The maximum absolute atomic E-state index is 12.1. The summed E-state index contributed by atoms with van der Waals surface area (Å²) in [4.78, 5) is 16.0. The zero-order valence-corrected chi connectivity index (χ0v) is 16.4. The normalized spacial score (nSPS) is 16.1. The number of nitrogens with one attached hydrogen (secondary N) is 2. The van der Waals surface area contributed by atoms with Crippen molar-refractivity contribution in [3.63, 3.8) is 0 Å². The third-order valence-corrected chi connectivity index (χ3v) is 4.80. The van der Waals surface area contributed by atoms with Crippen LogP contribution in [0.15, 0.2) is 24.3 Å². The van der Waals surface area contributed by atoms with Crippen molar-refractivity contribution in [3.05, 3.63) is 29.8 Å². The van der Waals surface area contributed by atoms with Crippen LogP contribution in [0.2, 0.25) is 0 Å². The van der Waals surface area contributed by atoms with Crippen molar-refractivity contribution in [2.24, 2.45) is 0 Å². The molecule has 0 aliphatic carbocycles. The molecule has 2 rings (SSSR count). The summed E-state index contributed by atoms with van der Waals surface area (Å²) in [6.07, 6.45) is 1.03. The summed E-state index contributed by atoms with van der Waals surface area (Å²) in [5.41, 5.74) is 2.93. The Morgan fingerprint density at radius 3 is 2.56 bits per heavy atom. The number of benzene rings is 1. The average Bonchev–Trinajstić information content (AvgIpc) is 2.55. The first-order valence-corrected chi connectivity index (χ1v) is 9.60. The van der Waals surface area contributed by atoms with Crippen LogP contribution in [0.1, 0.15) is 32.8 Å². The fraction of sp³-hybridized carbons (Fsp3) is 0.650. The molecule has 25 heavy (non-hydrogen) atoms. The van der Waals surface area contributed by atoms with E-state index in [0.29, 0.717) is 6.54 Å². The lowest BCUT2D eigenvalue weighted by Gasteiger charge is -2.34. The molecule has 0 spiro atoms. The Morgan fingerprint density at radius 2 is 1.92 bits per heavy atom. The van der Waals surface area contributed by atoms with E-state index in [2.05, 4.69) is 67.5 Å². The molecule has 5 nitrogen and oxygen atoms in total. The minimum absolute atomic E-state index is 0.190. The summed E-state index contributed by atoms with van der Waals surface area (Å²) in [6.45, 7) is 15.4. The second kappa shape index (κ2) is 9.20. The highest BCUT2D eigenvalue weighted by atomic mass is 16.2. The van der Waals surface area contributed by atoms with Gasteiger partial charge in [-0.15, -0.1) is 0 Å². The van der Waals surface area contributed by atoms with Crippen LogP contribution < -0.4 is 20.4 Å². The standard InChI is InChI=1S/C20H34N4O/c1-17-8-5-6-9-18(17)24-14-12-23(13-15-24)16-19(25)21-10-7-11-22-20(2,3)4/h5-6,8-9,22H,7,10-16H2,1-4H3,(H,21,25)/p+2. The fourth-order valence-electron chi connectivity index (χ4n) is 3.31. The highest BCUT2D eigenvalue weighted by Crippen LogP contribution is 2.18. The first kappa shape index (κ1) is 19.7. The number of carbonyl (C=O) groups excluding carboxylic acids is 1. The van der Waals surface area contributed by atoms with E-state index in [1.807, 2.05) is 0 Å². The minimum Gasteiger partial charge on any atom is -0.360 e. The van der Waals surface area contributed by atoms with Gasteiger partial charge in [0.25, 0.3) is 5.91 Å². The van der Waals surface area contributed by atoms with E-state index < -0.39 is 0 Å². The molecule has 0 radical (unpaired) electrons. The summed E-state index contributed by atoms with van der Waals surface area (Å²) in [5.74, 6) is 0.190. The quantitative estimate of drug-likeness (QED) is 0.586. The monoisotopic (exact) mass is 348 g/mol. The summed E-state index contributed by atoms with van der Waals surface area (Å²) in [7, 11) is 0. The second-order valence-corrected chi connectivity index (χ2v) is 8.26. The molecule has 4 N–H and O–H groups in total. The molecule has 1 saturated heterocycles. The number of nitrogens with two attached hydrogens (primary N) is 1. The molecule has 1 aromatic carbocycles. The van der Waals surface area contributed by atoms with Crippen LogP contribution >= 0.6 is 0 Å². The SMILES string of the molecule is Cc1ccccc1N1CC[NH+](CC(=O)NCCC[NH2+]C(C)(C)C)CC1. The third kappa shape index (κ3) is 7.04. The van der Waals surface area contributed by atoms with Gasteiger partial charge in [-0.1, -0.05) is 18.2 Å². The lowest BCUT2D eigenvalue weighted by atomic mass is 10.1. The van der Waals surface area contributed by atoms with Crippen molar-refractivity contribution in [3.8, 4) is 0 Å². The zero-order chi connectivity index (χ0) is 18.3. The van der Waals surface area contributed by atoms with Crippen molar-refractivity contribution in [1.29, 1.82) is 0 Å². The first-order valence-electron chi connectivity index (χ1n) is 9.60. The van der Waals surface area contributed by atoms with Crippen LogP contribution in [0.5, 0.6) is 0 Å². The molecule has 1 aliphatic heterocycles. The zero-order valence-electron chi connectivity index (χ0n) is 16.4. The molecule has 0 saturated carbocycles. The summed E-state index contributed by atoms with van der Waals surface area (Å²) in [5, 5.41) is 5.40. The van der Waals surface area contributed by atoms with E-state index in [1.54, 1.807) is 0 Å². The number of quaternary nitrogens is 2.